The van der Waals surface area contributed by atoms with Gasteiger partial charge in [-0.25, -0.2) is 0 Å². The summed E-state index contributed by atoms with van der Waals surface area (Å²) >= 11 is 5.97. The van der Waals surface area contributed by atoms with Crippen LogP contribution in [-0.4, -0.2) is 0 Å². The van der Waals surface area contributed by atoms with Crippen molar-refractivity contribution in [1.82, 2.24) is 0 Å². The first kappa shape index (κ1) is 17.3. The van der Waals surface area contributed by atoms with Crippen molar-refractivity contribution in [3.63, 3.8) is 0 Å². The summed E-state index contributed by atoms with van der Waals surface area (Å²) in [5.41, 5.74) is 4.01. The molecule has 1 fully saturated rings. The van der Waals surface area contributed by atoms with Crippen molar-refractivity contribution >= 4 is 11.6 Å². The van der Waals surface area contributed by atoms with Crippen LogP contribution in [0.1, 0.15) is 56.9 Å². The molecule has 0 saturated heterocycles. The average Bonchev–Trinajstić information content (AvgIpc) is 2.63. The molecular formula is C23H27Cl. The number of hydrogen-bond donors (Lipinski definition) is 0. The van der Waals surface area contributed by atoms with Crippen LogP contribution in [0, 0.1) is 5.92 Å². The van der Waals surface area contributed by atoms with Crippen LogP contribution in [0.2, 0.25) is 5.02 Å². The molecule has 1 aliphatic carbocycles. The molecule has 2 aromatic rings. The summed E-state index contributed by atoms with van der Waals surface area (Å²) in [4.78, 5) is 0. The van der Waals surface area contributed by atoms with Crippen LogP contribution in [0.5, 0.6) is 0 Å². The van der Waals surface area contributed by atoms with Gasteiger partial charge in [0.2, 0.25) is 0 Å². The van der Waals surface area contributed by atoms with Gasteiger partial charge >= 0.3 is 0 Å². The van der Waals surface area contributed by atoms with Gasteiger partial charge in [-0.15, -0.1) is 0 Å². The Morgan fingerprint density at radius 2 is 1.46 bits per heavy atom. The molecule has 24 heavy (non-hydrogen) atoms. The predicted octanol–water partition coefficient (Wildman–Crippen LogP) is 7.64. The fourth-order valence-electron chi connectivity index (χ4n) is 3.69. The Balaban J connectivity index is 1.59. The molecule has 0 atom stereocenters. The van der Waals surface area contributed by atoms with Gasteiger partial charge in [0.25, 0.3) is 0 Å². The number of benzene rings is 2. The molecule has 0 radical (unpaired) electrons. The largest absolute Gasteiger partial charge is 0.0883 e. The van der Waals surface area contributed by atoms with E-state index in [9.17, 15) is 0 Å². The van der Waals surface area contributed by atoms with Gasteiger partial charge in [0, 0.05) is 5.02 Å². The van der Waals surface area contributed by atoms with E-state index in [2.05, 4.69) is 55.5 Å². The Kier molecular flexibility index (Phi) is 6.15. The third kappa shape index (κ3) is 4.51. The molecule has 126 valence electrons. The summed E-state index contributed by atoms with van der Waals surface area (Å²) in [6, 6.07) is 17.2. The van der Waals surface area contributed by atoms with Crippen molar-refractivity contribution in [2.24, 2.45) is 5.92 Å². The van der Waals surface area contributed by atoms with Crippen molar-refractivity contribution < 1.29 is 0 Å². The predicted molar refractivity (Wildman–Crippen MR) is 106 cm³/mol. The fraction of sp³-hybridized carbons (Fsp3) is 0.391. The zero-order valence-corrected chi connectivity index (χ0v) is 15.3. The summed E-state index contributed by atoms with van der Waals surface area (Å²) in [6.07, 6.45) is 12.6. The first-order valence-corrected chi connectivity index (χ1v) is 9.66. The van der Waals surface area contributed by atoms with E-state index in [-0.39, 0.29) is 0 Å². The van der Waals surface area contributed by atoms with E-state index in [1.54, 1.807) is 0 Å². The lowest BCUT2D eigenvalue weighted by Gasteiger charge is -2.27. The third-order valence-corrected chi connectivity index (χ3v) is 5.45. The first-order chi connectivity index (χ1) is 11.8. The second kappa shape index (κ2) is 8.53. The molecule has 0 spiro atoms. The highest BCUT2D eigenvalue weighted by atomic mass is 35.5. The summed E-state index contributed by atoms with van der Waals surface area (Å²) in [5, 5.41) is 0.792. The van der Waals surface area contributed by atoms with Crippen molar-refractivity contribution in [1.29, 1.82) is 0 Å². The minimum atomic E-state index is 0.736. The van der Waals surface area contributed by atoms with E-state index in [1.165, 1.54) is 55.2 Å². The maximum absolute atomic E-state index is 5.97. The Morgan fingerprint density at radius 3 is 2.04 bits per heavy atom. The molecule has 1 saturated carbocycles. The minimum Gasteiger partial charge on any atom is -0.0883 e. The van der Waals surface area contributed by atoms with Crippen LogP contribution in [0.4, 0.5) is 0 Å². The molecular weight excluding hydrogens is 312 g/mol. The van der Waals surface area contributed by atoms with Crippen LogP contribution in [0.25, 0.3) is 11.1 Å². The van der Waals surface area contributed by atoms with Gasteiger partial charge in [-0.1, -0.05) is 73.5 Å². The number of halogens is 1. The molecule has 0 N–H and O–H groups in total. The van der Waals surface area contributed by atoms with Crippen LogP contribution in [0.3, 0.4) is 0 Å². The monoisotopic (exact) mass is 338 g/mol. The van der Waals surface area contributed by atoms with Crippen molar-refractivity contribution in [2.75, 3.05) is 0 Å². The van der Waals surface area contributed by atoms with E-state index in [1.807, 2.05) is 12.1 Å². The van der Waals surface area contributed by atoms with Gasteiger partial charge in [-0.05, 0) is 72.8 Å². The lowest BCUT2D eigenvalue weighted by Crippen LogP contribution is -2.11. The maximum atomic E-state index is 5.97. The van der Waals surface area contributed by atoms with Crippen LogP contribution >= 0.6 is 11.6 Å². The Morgan fingerprint density at radius 1 is 0.875 bits per heavy atom. The van der Waals surface area contributed by atoms with E-state index in [0.29, 0.717) is 0 Å². The topological polar surface area (TPSA) is 0 Å². The van der Waals surface area contributed by atoms with Crippen molar-refractivity contribution in [3.05, 3.63) is 71.3 Å². The van der Waals surface area contributed by atoms with Crippen LogP contribution in [-0.2, 0) is 0 Å². The van der Waals surface area contributed by atoms with Crippen LogP contribution < -0.4 is 0 Å². The second-order valence-electron chi connectivity index (χ2n) is 6.96. The van der Waals surface area contributed by atoms with Gasteiger partial charge < -0.3 is 0 Å². The highest BCUT2D eigenvalue weighted by molar-refractivity contribution is 6.30. The van der Waals surface area contributed by atoms with Crippen molar-refractivity contribution in [3.8, 4) is 11.1 Å². The van der Waals surface area contributed by atoms with E-state index in [0.717, 1.165) is 16.9 Å². The second-order valence-corrected chi connectivity index (χ2v) is 7.39. The standard InChI is InChI=1S/C23H27Cl/c1-2-3-4-5-18-6-8-19(9-7-18)20-10-12-21(13-11-20)22-14-16-23(24)17-15-22/h4-5,10-19H,2-3,6-9H2,1H3. The molecule has 0 nitrogen and oxygen atoms in total. The highest BCUT2D eigenvalue weighted by Gasteiger charge is 2.20. The Labute approximate surface area is 151 Å². The number of rotatable bonds is 5. The average molecular weight is 339 g/mol. The molecule has 0 aliphatic heterocycles. The summed E-state index contributed by atoms with van der Waals surface area (Å²) in [5.74, 6) is 1.54. The molecule has 2 aromatic carbocycles. The smallest absolute Gasteiger partial charge is 0.0406 e. The first-order valence-electron chi connectivity index (χ1n) is 9.29. The number of hydrogen-bond acceptors (Lipinski definition) is 0. The third-order valence-electron chi connectivity index (χ3n) is 5.20. The maximum Gasteiger partial charge on any atom is 0.0406 e. The van der Waals surface area contributed by atoms with E-state index >= 15 is 0 Å². The van der Waals surface area contributed by atoms with Gasteiger partial charge in [-0.2, -0.15) is 0 Å². The van der Waals surface area contributed by atoms with Crippen LogP contribution in [0.15, 0.2) is 60.7 Å². The van der Waals surface area contributed by atoms with Gasteiger partial charge in [0.1, 0.15) is 0 Å². The minimum absolute atomic E-state index is 0.736. The van der Waals surface area contributed by atoms with Gasteiger partial charge in [0.05, 0.1) is 0 Å². The summed E-state index contributed by atoms with van der Waals surface area (Å²) < 4.78 is 0. The number of allylic oxidation sites excluding steroid dienone is 2. The lowest BCUT2D eigenvalue weighted by molar-refractivity contribution is 0.375. The molecule has 0 heterocycles. The zero-order chi connectivity index (χ0) is 16.8. The summed E-state index contributed by atoms with van der Waals surface area (Å²) in [6.45, 7) is 2.24. The Hall–Kier alpha value is -1.53. The zero-order valence-electron chi connectivity index (χ0n) is 14.5. The van der Waals surface area contributed by atoms with Crippen molar-refractivity contribution in [2.45, 2.75) is 51.4 Å². The Bertz CT molecular complexity index is 643. The van der Waals surface area contributed by atoms with E-state index in [4.69, 9.17) is 11.6 Å². The fourth-order valence-corrected chi connectivity index (χ4v) is 3.82. The SMILES string of the molecule is CCCC=CC1CCC(c2ccc(-c3ccc(Cl)cc3)cc2)CC1. The normalized spacial score (nSPS) is 21.2. The van der Waals surface area contributed by atoms with Gasteiger partial charge in [-0.3, -0.25) is 0 Å². The molecule has 1 heteroatoms. The molecule has 0 unspecified atom stereocenters. The molecule has 3 rings (SSSR count). The molecule has 0 aromatic heterocycles. The quantitative estimate of drug-likeness (QED) is 0.491. The van der Waals surface area contributed by atoms with Gasteiger partial charge in [0.15, 0.2) is 0 Å². The summed E-state index contributed by atoms with van der Waals surface area (Å²) in [7, 11) is 0. The number of unbranched alkanes of at least 4 members (excludes halogenated alkanes) is 1. The van der Waals surface area contributed by atoms with E-state index < -0.39 is 0 Å². The molecule has 0 amide bonds. The molecule has 0 bridgehead atoms. The highest BCUT2D eigenvalue weighted by Crippen LogP contribution is 2.37. The lowest BCUT2D eigenvalue weighted by atomic mass is 9.78. The molecule has 1 aliphatic rings.